The predicted molar refractivity (Wildman–Crippen MR) is 69.5 cm³/mol. The Morgan fingerprint density at radius 3 is 2.53 bits per heavy atom. The minimum atomic E-state index is -0.591. The van der Waals surface area contributed by atoms with E-state index in [0.717, 1.165) is 51.7 Å². The van der Waals surface area contributed by atoms with Crippen LogP contribution < -0.4 is 5.32 Å². The number of rotatable bonds is 1. The molecule has 2 saturated heterocycles. The Balaban J connectivity index is 1.82. The summed E-state index contributed by atoms with van der Waals surface area (Å²) in [5.41, 5.74) is -0.591. The van der Waals surface area contributed by atoms with Gasteiger partial charge >= 0.3 is 0 Å². The van der Waals surface area contributed by atoms with Gasteiger partial charge in [0.05, 0.1) is 0 Å². The van der Waals surface area contributed by atoms with Gasteiger partial charge in [0.15, 0.2) is 0 Å². The molecule has 0 aromatic heterocycles. The summed E-state index contributed by atoms with van der Waals surface area (Å²) < 4.78 is 5.37. The fraction of sp³-hybridized carbons (Fsp3) is 0.857. The molecule has 1 N–H and O–H groups in total. The summed E-state index contributed by atoms with van der Waals surface area (Å²) in [6.45, 7) is 2.02. The molecular weight excluding hydrogens is 244 g/mol. The lowest BCUT2D eigenvalue weighted by molar-refractivity contribution is -0.142. The molecule has 0 radical (unpaired) electrons. The second kappa shape index (κ2) is 5.12. The second-order valence-electron chi connectivity index (χ2n) is 5.93. The molecular formula is C14H22N2O3. The standard InChI is InChI=1S/C14H22N2O3/c17-12-3-8-16(11-4-9-19-10-5-11)13(18)14(15-12)6-1-2-7-14/h11H,1-10H2,(H,15,17). The molecule has 3 fully saturated rings. The molecule has 0 atom stereocenters. The van der Waals surface area contributed by atoms with E-state index in [4.69, 9.17) is 4.74 Å². The number of amides is 2. The van der Waals surface area contributed by atoms with E-state index in [1.54, 1.807) is 0 Å². The topological polar surface area (TPSA) is 58.6 Å². The van der Waals surface area contributed by atoms with Crippen LogP contribution in [0.1, 0.15) is 44.9 Å². The van der Waals surface area contributed by atoms with Crippen LogP contribution in [0.2, 0.25) is 0 Å². The molecule has 0 bridgehead atoms. The normalized spacial score (nSPS) is 28.5. The van der Waals surface area contributed by atoms with Crippen LogP contribution in [0.25, 0.3) is 0 Å². The Morgan fingerprint density at radius 1 is 1.16 bits per heavy atom. The Bertz CT molecular complexity index is 371. The molecule has 5 heteroatoms. The highest BCUT2D eigenvalue weighted by Crippen LogP contribution is 2.34. The molecule has 3 aliphatic rings. The molecule has 2 amide bonds. The van der Waals surface area contributed by atoms with Crippen molar-refractivity contribution in [3.63, 3.8) is 0 Å². The van der Waals surface area contributed by atoms with Crippen LogP contribution in [0.5, 0.6) is 0 Å². The van der Waals surface area contributed by atoms with Crippen molar-refractivity contribution in [1.82, 2.24) is 10.2 Å². The zero-order valence-corrected chi connectivity index (χ0v) is 11.3. The lowest BCUT2D eigenvalue weighted by atomic mass is 9.94. The van der Waals surface area contributed by atoms with Gasteiger partial charge < -0.3 is 15.0 Å². The van der Waals surface area contributed by atoms with Crippen LogP contribution in [0.4, 0.5) is 0 Å². The SMILES string of the molecule is O=C1CCN(C2CCOCC2)C(=O)C2(CCCC2)N1. The third kappa shape index (κ3) is 2.36. The van der Waals surface area contributed by atoms with Crippen molar-refractivity contribution in [3.8, 4) is 0 Å². The average molecular weight is 266 g/mol. The van der Waals surface area contributed by atoms with Crippen molar-refractivity contribution in [2.45, 2.75) is 56.5 Å². The van der Waals surface area contributed by atoms with Gasteiger partial charge in [-0.05, 0) is 25.7 Å². The van der Waals surface area contributed by atoms with Gasteiger partial charge in [0.25, 0.3) is 0 Å². The molecule has 0 aromatic rings. The van der Waals surface area contributed by atoms with Crippen molar-refractivity contribution in [2.75, 3.05) is 19.8 Å². The van der Waals surface area contributed by atoms with Crippen LogP contribution >= 0.6 is 0 Å². The molecule has 2 aliphatic heterocycles. The van der Waals surface area contributed by atoms with E-state index >= 15 is 0 Å². The summed E-state index contributed by atoms with van der Waals surface area (Å²) in [5.74, 6) is 0.188. The molecule has 1 spiro atoms. The minimum absolute atomic E-state index is 0.0322. The molecule has 0 aromatic carbocycles. The highest BCUT2D eigenvalue weighted by Gasteiger charge is 2.47. The van der Waals surface area contributed by atoms with Crippen LogP contribution in [-0.2, 0) is 14.3 Å². The first kappa shape index (κ1) is 12.9. The molecule has 5 nitrogen and oxygen atoms in total. The maximum absolute atomic E-state index is 12.9. The van der Waals surface area contributed by atoms with Gasteiger partial charge in [-0.2, -0.15) is 0 Å². The first-order valence-electron chi connectivity index (χ1n) is 7.41. The fourth-order valence-corrected chi connectivity index (χ4v) is 3.64. The van der Waals surface area contributed by atoms with Gasteiger partial charge in [0.1, 0.15) is 5.54 Å². The second-order valence-corrected chi connectivity index (χ2v) is 5.93. The quantitative estimate of drug-likeness (QED) is 0.764. The number of hydrogen-bond donors (Lipinski definition) is 1. The summed E-state index contributed by atoms with van der Waals surface area (Å²) in [5, 5.41) is 3.01. The molecule has 2 heterocycles. The smallest absolute Gasteiger partial charge is 0.248 e. The number of hydrogen-bond acceptors (Lipinski definition) is 3. The molecule has 106 valence electrons. The Morgan fingerprint density at radius 2 is 1.84 bits per heavy atom. The summed E-state index contributed by atoms with van der Waals surface area (Å²) in [6.07, 6.45) is 5.91. The third-order valence-electron chi connectivity index (χ3n) is 4.72. The third-order valence-corrected chi connectivity index (χ3v) is 4.72. The summed E-state index contributed by atoms with van der Waals surface area (Å²) in [7, 11) is 0. The van der Waals surface area contributed by atoms with Crippen LogP contribution in [0, 0.1) is 0 Å². The number of carbonyl (C=O) groups excluding carboxylic acids is 2. The number of carbonyl (C=O) groups is 2. The summed E-state index contributed by atoms with van der Waals surface area (Å²) in [4.78, 5) is 26.8. The van der Waals surface area contributed by atoms with E-state index in [9.17, 15) is 9.59 Å². The predicted octanol–water partition coefficient (Wildman–Crippen LogP) is 0.827. The lowest BCUT2D eigenvalue weighted by Crippen LogP contribution is -2.57. The van der Waals surface area contributed by atoms with E-state index in [2.05, 4.69) is 5.32 Å². The van der Waals surface area contributed by atoms with Crippen molar-refractivity contribution in [3.05, 3.63) is 0 Å². The van der Waals surface area contributed by atoms with Gasteiger partial charge in [-0.3, -0.25) is 9.59 Å². The Kier molecular flexibility index (Phi) is 3.48. The molecule has 1 aliphatic carbocycles. The first-order chi connectivity index (χ1) is 9.21. The van der Waals surface area contributed by atoms with Crippen LogP contribution in [0.3, 0.4) is 0 Å². The van der Waals surface area contributed by atoms with E-state index in [0.29, 0.717) is 13.0 Å². The maximum Gasteiger partial charge on any atom is 0.248 e. The maximum atomic E-state index is 12.9. The van der Waals surface area contributed by atoms with Gasteiger partial charge in [-0.1, -0.05) is 12.8 Å². The van der Waals surface area contributed by atoms with Crippen molar-refractivity contribution in [2.24, 2.45) is 0 Å². The number of ether oxygens (including phenoxy) is 1. The molecule has 1 saturated carbocycles. The van der Waals surface area contributed by atoms with E-state index in [1.807, 2.05) is 4.90 Å². The monoisotopic (exact) mass is 266 g/mol. The highest BCUT2D eigenvalue weighted by atomic mass is 16.5. The van der Waals surface area contributed by atoms with E-state index in [-0.39, 0.29) is 17.9 Å². The number of nitrogens with one attached hydrogen (secondary N) is 1. The van der Waals surface area contributed by atoms with Gasteiger partial charge in [-0.15, -0.1) is 0 Å². The zero-order valence-electron chi connectivity index (χ0n) is 11.3. The minimum Gasteiger partial charge on any atom is -0.381 e. The summed E-state index contributed by atoms with van der Waals surface area (Å²) in [6, 6.07) is 0.256. The Labute approximate surface area is 113 Å². The summed E-state index contributed by atoms with van der Waals surface area (Å²) >= 11 is 0. The molecule has 19 heavy (non-hydrogen) atoms. The largest absolute Gasteiger partial charge is 0.381 e. The lowest BCUT2D eigenvalue weighted by Gasteiger charge is -2.38. The zero-order chi connectivity index (χ0) is 13.3. The van der Waals surface area contributed by atoms with Gasteiger partial charge in [-0.25, -0.2) is 0 Å². The van der Waals surface area contributed by atoms with Crippen molar-refractivity contribution in [1.29, 1.82) is 0 Å². The molecule has 3 rings (SSSR count). The average Bonchev–Trinajstić information content (AvgIpc) is 2.85. The van der Waals surface area contributed by atoms with Crippen molar-refractivity contribution < 1.29 is 14.3 Å². The Hall–Kier alpha value is -1.10. The van der Waals surface area contributed by atoms with E-state index < -0.39 is 5.54 Å². The van der Waals surface area contributed by atoms with Crippen LogP contribution in [-0.4, -0.2) is 48.1 Å². The number of nitrogens with zero attached hydrogens (tertiary/aromatic N) is 1. The fourth-order valence-electron chi connectivity index (χ4n) is 3.64. The van der Waals surface area contributed by atoms with Gasteiger partial charge in [0, 0.05) is 32.2 Å². The first-order valence-corrected chi connectivity index (χ1v) is 7.41. The van der Waals surface area contributed by atoms with Crippen molar-refractivity contribution >= 4 is 11.8 Å². The van der Waals surface area contributed by atoms with E-state index in [1.165, 1.54) is 0 Å². The molecule has 0 unspecified atom stereocenters. The van der Waals surface area contributed by atoms with Crippen LogP contribution in [0.15, 0.2) is 0 Å². The highest BCUT2D eigenvalue weighted by molar-refractivity contribution is 5.94. The van der Waals surface area contributed by atoms with Gasteiger partial charge in [0.2, 0.25) is 11.8 Å².